The quantitative estimate of drug-likeness (QED) is 0.774. The van der Waals surface area contributed by atoms with Crippen LogP contribution in [0.3, 0.4) is 0 Å². The predicted octanol–water partition coefficient (Wildman–Crippen LogP) is 1.37. The molecule has 0 saturated carbocycles. The number of aliphatic hydroxyl groups is 1. The summed E-state index contributed by atoms with van der Waals surface area (Å²) in [4.78, 5) is 4.55. The molecule has 8 heteroatoms. The highest BCUT2D eigenvalue weighted by Crippen LogP contribution is 2.21. The number of hydrogen-bond acceptors (Lipinski definition) is 7. The maximum Gasteiger partial charge on any atom is 0.209 e. The molecule has 0 aliphatic heterocycles. The van der Waals surface area contributed by atoms with E-state index in [1.807, 2.05) is 0 Å². The standard InChI is InChI=1S/C10H15N5OS2/c1-2-3-9-11-8(6-17-9)7-18-10-12-13-14-15(10)4-5-16/h6,16H,2-5,7H2,1H3. The van der Waals surface area contributed by atoms with E-state index in [1.54, 1.807) is 16.0 Å². The van der Waals surface area contributed by atoms with Crippen molar-refractivity contribution in [2.45, 2.75) is 37.2 Å². The molecule has 2 aromatic heterocycles. The highest BCUT2D eigenvalue weighted by molar-refractivity contribution is 7.98. The highest BCUT2D eigenvalue weighted by Gasteiger charge is 2.08. The number of thiazole rings is 1. The fourth-order valence-electron chi connectivity index (χ4n) is 1.42. The number of tetrazole rings is 1. The Kier molecular flexibility index (Phi) is 5.09. The lowest BCUT2D eigenvalue weighted by atomic mass is 10.3. The molecule has 0 spiro atoms. The lowest BCUT2D eigenvalue weighted by molar-refractivity contribution is 0.262. The molecule has 98 valence electrons. The molecule has 0 saturated heterocycles. The second-order valence-electron chi connectivity index (χ2n) is 3.68. The first-order valence-electron chi connectivity index (χ1n) is 5.76. The van der Waals surface area contributed by atoms with Gasteiger partial charge in [0.2, 0.25) is 5.16 Å². The first-order chi connectivity index (χ1) is 8.83. The Labute approximate surface area is 113 Å². The first-order valence-corrected chi connectivity index (χ1v) is 7.63. The zero-order valence-electron chi connectivity index (χ0n) is 10.1. The number of hydrogen-bond donors (Lipinski definition) is 1. The summed E-state index contributed by atoms with van der Waals surface area (Å²) < 4.78 is 1.60. The summed E-state index contributed by atoms with van der Waals surface area (Å²) in [5.41, 5.74) is 1.06. The summed E-state index contributed by atoms with van der Waals surface area (Å²) in [7, 11) is 0. The minimum atomic E-state index is 0.0376. The third kappa shape index (κ3) is 3.50. The number of aliphatic hydroxyl groups excluding tert-OH is 1. The smallest absolute Gasteiger partial charge is 0.209 e. The average molecular weight is 285 g/mol. The molecule has 1 N–H and O–H groups in total. The van der Waals surface area contributed by atoms with Crippen molar-refractivity contribution in [2.75, 3.05) is 6.61 Å². The van der Waals surface area contributed by atoms with Crippen LogP contribution in [0.5, 0.6) is 0 Å². The Morgan fingerprint density at radius 3 is 3.17 bits per heavy atom. The van der Waals surface area contributed by atoms with Gasteiger partial charge in [0, 0.05) is 11.1 Å². The van der Waals surface area contributed by atoms with E-state index in [4.69, 9.17) is 5.11 Å². The summed E-state index contributed by atoms with van der Waals surface area (Å²) in [6, 6.07) is 0. The van der Waals surface area contributed by atoms with Crippen LogP contribution in [0.15, 0.2) is 10.5 Å². The maximum atomic E-state index is 8.87. The van der Waals surface area contributed by atoms with E-state index in [1.165, 1.54) is 16.8 Å². The number of aryl methyl sites for hydroxylation is 1. The second-order valence-corrected chi connectivity index (χ2v) is 5.56. The molecule has 2 heterocycles. The van der Waals surface area contributed by atoms with Crippen molar-refractivity contribution >= 4 is 23.1 Å². The van der Waals surface area contributed by atoms with Crippen molar-refractivity contribution in [3.05, 3.63) is 16.1 Å². The van der Waals surface area contributed by atoms with Gasteiger partial charge in [0.25, 0.3) is 0 Å². The van der Waals surface area contributed by atoms with Crippen molar-refractivity contribution in [3.8, 4) is 0 Å². The molecule has 0 fully saturated rings. The first kappa shape index (κ1) is 13.4. The molecular weight excluding hydrogens is 270 g/mol. The van der Waals surface area contributed by atoms with Gasteiger partial charge in [0.15, 0.2) is 0 Å². The van der Waals surface area contributed by atoms with Crippen LogP contribution in [-0.4, -0.2) is 36.9 Å². The van der Waals surface area contributed by atoms with E-state index >= 15 is 0 Å². The Morgan fingerprint density at radius 2 is 2.39 bits per heavy atom. The molecule has 0 bridgehead atoms. The van der Waals surface area contributed by atoms with E-state index in [0.29, 0.717) is 11.7 Å². The molecule has 0 atom stereocenters. The fourth-order valence-corrected chi connectivity index (χ4v) is 3.22. The number of rotatable bonds is 7. The van der Waals surface area contributed by atoms with Crippen LogP contribution in [0.1, 0.15) is 24.0 Å². The Balaban J connectivity index is 1.91. The van der Waals surface area contributed by atoms with Crippen molar-refractivity contribution in [2.24, 2.45) is 0 Å². The predicted molar refractivity (Wildman–Crippen MR) is 70.6 cm³/mol. The minimum absolute atomic E-state index is 0.0376. The fraction of sp³-hybridized carbons (Fsp3) is 0.600. The molecular formula is C10H15N5OS2. The van der Waals surface area contributed by atoms with Gasteiger partial charge in [-0.25, -0.2) is 9.67 Å². The van der Waals surface area contributed by atoms with Crippen molar-refractivity contribution < 1.29 is 5.11 Å². The van der Waals surface area contributed by atoms with Gasteiger partial charge in [-0.05, 0) is 23.3 Å². The number of aromatic nitrogens is 5. The van der Waals surface area contributed by atoms with Crippen molar-refractivity contribution in [1.29, 1.82) is 0 Å². The summed E-state index contributed by atoms with van der Waals surface area (Å²) in [5.74, 6) is 0.756. The summed E-state index contributed by atoms with van der Waals surface area (Å²) in [6.07, 6.45) is 2.16. The molecule has 0 aromatic carbocycles. The average Bonchev–Trinajstić information content (AvgIpc) is 2.97. The summed E-state index contributed by atoms with van der Waals surface area (Å²) in [5, 5.41) is 24.2. The zero-order chi connectivity index (χ0) is 12.8. The zero-order valence-corrected chi connectivity index (χ0v) is 11.7. The SMILES string of the molecule is CCCc1nc(CSc2nnnn2CCO)cs1. The monoisotopic (exact) mass is 285 g/mol. The van der Waals surface area contributed by atoms with Crippen LogP contribution >= 0.6 is 23.1 Å². The minimum Gasteiger partial charge on any atom is -0.394 e. The van der Waals surface area contributed by atoms with Crippen LogP contribution in [0.25, 0.3) is 0 Å². The van der Waals surface area contributed by atoms with Gasteiger partial charge in [-0.3, -0.25) is 0 Å². The van der Waals surface area contributed by atoms with Gasteiger partial charge >= 0.3 is 0 Å². The van der Waals surface area contributed by atoms with Crippen LogP contribution < -0.4 is 0 Å². The third-order valence-electron chi connectivity index (χ3n) is 2.22. The van der Waals surface area contributed by atoms with Gasteiger partial charge in [-0.2, -0.15) is 0 Å². The van der Waals surface area contributed by atoms with E-state index in [0.717, 1.165) is 24.3 Å². The normalized spacial score (nSPS) is 11.0. The lowest BCUT2D eigenvalue weighted by Crippen LogP contribution is -2.05. The van der Waals surface area contributed by atoms with Crippen molar-refractivity contribution in [3.63, 3.8) is 0 Å². The Morgan fingerprint density at radius 1 is 1.50 bits per heavy atom. The van der Waals surface area contributed by atoms with Crippen LogP contribution in [-0.2, 0) is 18.7 Å². The maximum absolute atomic E-state index is 8.87. The van der Waals surface area contributed by atoms with E-state index in [2.05, 4.69) is 32.8 Å². The Bertz CT molecular complexity index is 484. The number of thioether (sulfide) groups is 1. The molecule has 0 radical (unpaired) electrons. The number of nitrogens with zero attached hydrogens (tertiary/aromatic N) is 5. The van der Waals surface area contributed by atoms with E-state index in [-0.39, 0.29) is 6.61 Å². The van der Waals surface area contributed by atoms with Crippen LogP contribution in [0, 0.1) is 0 Å². The third-order valence-corrected chi connectivity index (χ3v) is 4.17. The van der Waals surface area contributed by atoms with Gasteiger partial charge in [-0.1, -0.05) is 18.7 Å². The summed E-state index contributed by atoms with van der Waals surface area (Å²) in [6.45, 7) is 2.61. The van der Waals surface area contributed by atoms with Crippen LogP contribution in [0.4, 0.5) is 0 Å². The van der Waals surface area contributed by atoms with E-state index in [9.17, 15) is 0 Å². The largest absolute Gasteiger partial charge is 0.394 e. The second kappa shape index (κ2) is 6.81. The molecule has 6 nitrogen and oxygen atoms in total. The lowest BCUT2D eigenvalue weighted by Gasteiger charge is -2.00. The topological polar surface area (TPSA) is 76.7 Å². The molecule has 2 rings (SSSR count). The van der Waals surface area contributed by atoms with Gasteiger partial charge < -0.3 is 5.11 Å². The van der Waals surface area contributed by atoms with Gasteiger partial charge in [0.05, 0.1) is 23.9 Å². The van der Waals surface area contributed by atoms with Crippen LogP contribution in [0.2, 0.25) is 0 Å². The molecule has 0 aliphatic carbocycles. The highest BCUT2D eigenvalue weighted by atomic mass is 32.2. The summed E-state index contributed by atoms with van der Waals surface area (Å²) >= 11 is 3.24. The van der Waals surface area contributed by atoms with Gasteiger partial charge in [-0.15, -0.1) is 16.4 Å². The van der Waals surface area contributed by atoms with Crippen molar-refractivity contribution in [1.82, 2.24) is 25.2 Å². The van der Waals surface area contributed by atoms with Gasteiger partial charge in [0.1, 0.15) is 0 Å². The molecule has 0 amide bonds. The molecule has 0 unspecified atom stereocenters. The Hall–Kier alpha value is -0.990. The molecule has 2 aromatic rings. The molecule has 18 heavy (non-hydrogen) atoms. The molecule has 0 aliphatic rings. The van der Waals surface area contributed by atoms with E-state index < -0.39 is 0 Å².